The number of hydrogen-bond donors (Lipinski definition) is 1. The standard InChI is InChI=1S/C16H23N3O2S/c1-3-7-17-15(20)11-19(8-4-2)10-13-12-22-16(18-13)14-6-5-9-21-14/h5-6,9,12H,3-4,7-8,10-11H2,1-2H3,(H,17,20). The Labute approximate surface area is 135 Å². The predicted molar refractivity (Wildman–Crippen MR) is 88.7 cm³/mol. The number of carbonyl (C=O) groups excluding carboxylic acids is 1. The number of aromatic nitrogens is 1. The van der Waals surface area contributed by atoms with Crippen molar-refractivity contribution in [1.82, 2.24) is 15.2 Å². The van der Waals surface area contributed by atoms with E-state index in [1.165, 1.54) is 0 Å². The molecule has 1 N–H and O–H groups in total. The molecule has 2 aromatic rings. The monoisotopic (exact) mass is 321 g/mol. The Morgan fingerprint density at radius 2 is 2.27 bits per heavy atom. The molecule has 0 radical (unpaired) electrons. The molecule has 0 aliphatic rings. The highest BCUT2D eigenvalue weighted by Gasteiger charge is 2.13. The van der Waals surface area contributed by atoms with Crippen molar-refractivity contribution >= 4 is 17.2 Å². The molecule has 0 saturated carbocycles. The Bertz CT molecular complexity index is 566. The maximum absolute atomic E-state index is 11.9. The second-order valence-corrected chi connectivity index (χ2v) is 6.04. The lowest BCUT2D eigenvalue weighted by Crippen LogP contribution is -2.37. The average molecular weight is 321 g/mol. The van der Waals surface area contributed by atoms with Crippen molar-refractivity contribution in [3.8, 4) is 10.8 Å². The van der Waals surface area contributed by atoms with Crippen LogP contribution in [-0.4, -0.2) is 35.4 Å². The molecule has 2 rings (SSSR count). The number of carbonyl (C=O) groups is 1. The summed E-state index contributed by atoms with van der Waals surface area (Å²) in [6.07, 6.45) is 3.62. The van der Waals surface area contributed by atoms with Gasteiger partial charge in [-0.15, -0.1) is 11.3 Å². The maximum Gasteiger partial charge on any atom is 0.234 e. The fourth-order valence-electron chi connectivity index (χ4n) is 2.18. The summed E-state index contributed by atoms with van der Waals surface area (Å²) in [4.78, 5) is 18.6. The maximum atomic E-state index is 11.9. The molecule has 0 fully saturated rings. The van der Waals surface area contributed by atoms with Crippen LogP contribution < -0.4 is 5.32 Å². The normalized spacial score (nSPS) is 11.0. The van der Waals surface area contributed by atoms with Gasteiger partial charge in [0, 0.05) is 18.5 Å². The smallest absolute Gasteiger partial charge is 0.234 e. The van der Waals surface area contributed by atoms with Crippen molar-refractivity contribution in [2.24, 2.45) is 0 Å². The third-order valence-electron chi connectivity index (χ3n) is 3.15. The predicted octanol–water partition coefficient (Wildman–Crippen LogP) is 3.14. The first kappa shape index (κ1) is 16.7. The minimum Gasteiger partial charge on any atom is -0.462 e. The summed E-state index contributed by atoms with van der Waals surface area (Å²) in [6, 6.07) is 3.77. The molecule has 0 saturated heterocycles. The van der Waals surface area contributed by atoms with Crippen LogP contribution in [0.15, 0.2) is 28.2 Å². The number of furan rings is 1. The summed E-state index contributed by atoms with van der Waals surface area (Å²) in [5.74, 6) is 0.871. The number of nitrogens with zero attached hydrogens (tertiary/aromatic N) is 2. The lowest BCUT2D eigenvalue weighted by Gasteiger charge is -2.19. The topological polar surface area (TPSA) is 58.4 Å². The molecule has 22 heavy (non-hydrogen) atoms. The van der Waals surface area contributed by atoms with Crippen molar-refractivity contribution in [1.29, 1.82) is 0 Å². The molecule has 2 heterocycles. The number of amides is 1. The fourth-order valence-corrected chi connectivity index (χ4v) is 2.95. The number of thiazole rings is 1. The van der Waals surface area contributed by atoms with Crippen molar-refractivity contribution in [2.45, 2.75) is 33.2 Å². The summed E-state index contributed by atoms with van der Waals surface area (Å²) in [5.41, 5.74) is 0.980. The highest BCUT2D eigenvalue weighted by molar-refractivity contribution is 7.13. The minimum absolute atomic E-state index is 0.0804. The van der Waals surface area contributed by atoms with Gasteiger partial charge in [-0.05, 0) is 31.5 Å². The zero-order valence-electron chi connectivity index (χ0n) is 13.2. The fraction of sp³-hybridized carbons (Fsp3) is 0.500. The van der Waals surface area contributed by atoms with E-state index in [0.29, 0.717) is 13.1 Å². The number of nitrogens with one attached hydrogen (secondary N) is 1. The number of rotatable bonds is 9. The van der Waals surface area contributed by atoms with Gasteiger partial charge in [0.1, 0.15) is 0 Å². The van der Waals surface area contributed by atoms with Crippen molar-refractivity contribution in [3.63, 3.8) is 0 Å². The molecule has 0 aliphatic heterocycles. The van der Waals surface area contributed by atoms with Gasteiger partial charge < -0.3 is 9.73 Å². The van der Waals surface area contributed by atoms with Crippen LogP contribution in [0.5, 0.6) is 0 Å². The van der Waals surface area contributed by atoms with E-state index in [2.05, 4.69) is 29.0 Å². The molecule has 0 bridgehead atoms. The third-order valence-corrected chi connectivity index (χ3v) is 4.05. The zero-order chi connectivity index (χ0) is 15.8. The second-order valence-electron chi connectivity index (χ2n) is 5.18. The Balaban J connectivity index is 1.94. The Morgan fingerprint density at radius 3 is 2.95 bits per heavy atom. The Kier molecular flexibility index (Phi) is 6.61. The largest absolute Gasteiger partial charge is 0.462 e. The highest BCUT2D eigenvalue weighted by atomic mass is 32.1. The van der Waals surface area contributed by atoms with Gasteiger partial charge >= 0.3 is 0 Å². The van der Waals surface area contributed by atoms with Crippen LogP contribution in [-0.2, 0) is 11.3 Å². The van der Waals surface area contributed by atoms with E-state index >= 15 is 0 Å². The van der Waals surface area contributed by atoms with Gasteiger partial charge in [-0.25, -0.2) is 4.98 Å². The van der Waals surface area contributed by atoms with Gasteiger partial charge in [-0.1, -0.05) is 13.8 Å². The molecular weight excluding hydrogens is 298 g/mol. The number of hydrogen-bond acceptors (Lipinski definition) is 5. The highest BCUT2D eigenvalue weighted by Crippen LogP contribution is 2.24. The van der Waals surface area contributed by atoms with Crippen LogP contribution in [0, 0.1) is 0 Å². The molecule has 0 aromatic carbocycles. The lowest BCUT2D eigenvalue weighted by molar-refractivity contribution is -0.122. The van der Waals surface area contributed by atoms with E-state index < -0.39 is 0 Å². The molecule has 1 amide bonds. The summed E-state index contributed by atoms with van der Waals surface area (Å²) in [7, 11) is 0. The molecule has 120 valence electrons. The third kappa shape index (κ3) is 4.96. The van der Waals surface area contributed by atoms with Crippen LogP contribution in [0.1, 0.15) is 32.4 Å². The average Bonchev–Trinajstić information content (AvgIpc) is 3.16. The van der Waals surface area contributed by atoms with Gasteiger partial charge in [0.15, 0.2) is 10.8 Å². The van der Waals surface area contributed by atoms with Gasteiger partial charge in [-0.2, -0.15) is 0 Å². The Hall–Kier alpha value is -1.66. The van der Waals surface area contributed by atoms with Crippen molar-refractivity contribution in [2.75, 3.05) is 19.6 Å². The SMILES string of the molecule is CCCNC(=O)CN(CCC)Cc1csc(-c2ccco2)n1. The molecule has 0 spiro atoms. The Morgan fingerprint density at radius 1 is 1.41 bits per heavy atom. The van der Waals surface area contributed by atoms with E-state index in [9.17, 15) is 4.79 Å². The van der Waals surface area contributed by atoms with Gasteiger partial charge in [-0.3, -0.25) is 9.69 Å². The van der Waals surface area contributed by atoms with Gasteiger partial charge in [0.05, 0.1) is 18.5 Å². The summed E-state index contributed by atoms with van der Waals surface area (Å²) in [5, 5.41) is 5.83. The zero-order valence-corrected chi connectivity index (χ0v) is 14.0. The van der Waals surface area contributed by atoms with E-state index in [4.69, 9.17) is 4.42 Å². The van der Waals surface area contributed by atoms with E-state index in [1.54, 1.807) is 17.6 Å². The molecule has 5 nitrogen and oxygen atoms in total. The molecule has 6 heteroatoms. The van der Waals surface area contributed by atoms with Gasteiger partial charge in [0.25, 0.3) is 0 Å². The first-order valence-electron chi connectivity index (χ1n) is 7.70. The van der Waals surface area contributed by atoms with Gasteiger partial charge in [0.2, 0.25) is 5.91 Å². The molecule has 0 unspecified atom stereocenters. The molecular formula is C16H23N3O2S. The van der Waals surface area contributed by atoms with E-state index in [-0.39, 0.29) is 5.91 Å². The van der Waals surface area contributed by atoms with Crippen LogP contribution in [0.3, 0.4) is 0 Å². The van der Waals surface area contributed by atoms with E-state index in [1.807, 2.05) is 17.5 Å². The molecule has 0 atom stereocenters. The van der Waals surface area contributed by atoms with Crippen LogP contribution in [0.4, 0.5) is 0 Å². The molecule has 2 aromatic heterocycles. The van der Waals surface area contributed by atoms with Crippen LogP contribution in [0.25, 0.3) is 10.8 Å². The first-order valence-corrected chi connectivity index (χ1v) is 8.58. The second kappa shape index (κ2) is 8.70. The van der Waals surface area contributed by atoms with Crippen molar-refractivity contribution in [3.05, 3.63) is 29.5 Å². The summed E-state index contributed by atoms with van der Waals surface area (Å²) < 4.78 is 5.36. The molecule has 0 aliphatic carbocycles. The van der Waals surface area contributed by atoms with Crippen LogP contribution in [0.2, 0.25) is 0 Å². The lowest BCUT2D eigenvalue weighted by atomic mass is 10.3. The summed E-state index contributed by atoms with van der Waals surface area (Å²) in [6.45, 7) is 6.89. The first-order chi connectivity index (χ1) is 10.7. The van der Waals surface area contributed by atoms with Crippen molar-refractivity contribution < 1.29 is 9.21 Å². The van der Waals surface area contributed by atoms with Crippen LogP contribution >= 0.6 is 11.3 Å². The van der Waals surface area contributed by atoms with E-state index in [0.717, 1.165) is 42.4 Å². The quantitative estimate of drug-likeness (QED) is 0.771. The minimum atomic E-state index is 0.0804. The summed E-state index contributed by atoms with van der Waals surface area (Å²) >= 11 is 1.57.